The molecule has 0 N–H and O–H groups in total. The minimum atomic E-state index is -3.22. The van der Waals surface area contributed by atoms with E-state index in [2.05, 4.69) is 13.8 Å². The molecule has 0 unspecified atom stereocenters. The molecule has 1 aliphatic rings. The number of hydrogen-bond acceptors (Lipinski definition) is 3. The highest BCUT2D eigenvalue weighted by molar-refractivity contribution is 7.88. The van der Waals surface area contributed by atoms with Gasteiger partial charge in [0.15, 0.2) is 0 Å². The lowest BCUT2D eigenvalue weighted by atomic mass is 10.1. The molecule has 1 saturated heterocycles. The van der Waals surface area contributed by atoms with Crippen LogP contribution in [0.1, 0.15) is 46.0 Å². The Morgan fingerprint density at radius 3 is 2.25 bits per heavy atom. The molecule has 0 aliphatic carbocycles. The predicted molar refractivity (Wildman–Crippen MR) is 80.9 cm³/mol. The average molecular weight is 304 g/mol. The van der Waals surface area contributed by atoms with Gasteiger partial charge in [-0.25, -0.2) is 12.7 Å². The van der Waals surface area contributed by atoms with Crippen LogP contribution in [-0.2, 0) is 14.8 Å². The topological polar surface area (TPSA) is 57.7 Å². The molecule has 0 aromatic rings. The van der Waals surface area contributed by atoms with Crippen LogP contribution in [0, 0.1) is 5.92 Å². The van der Waals surface area contributed by atoms with Gasteiger partial charge in [0, 0.05) is 32.6 Å². The van der Waals surface area contributed by atoms with Crippen LogP contribution in [0.4, 0.5) is 0 Å². The van der Waals surface area contributed by atoms with E-state index < -0.39 is 10.0 Å². The van der Waals surface area contributed by atoms with Crippen molar-refractivity contribution in [2.45, 2.75) is 46.0 Å². The summed E-state index contributed by atoms with van der Waals surface area (Å²) in [6.45, 7) is 6.59. The molecule has 0 aromatic heterocycles. The zero-order valence-electron chi connectivity index (χ0n) is 13.0. The number of rotatable bonds is 7. The molecule has 1 fully saturated rings. The van der Waals surface area contributed by atoms with Crippen LogP contribution in [0.2, 0.25) is 0 Å². The summed E-state index contributed by atoms with van der Waals surface area (Å²) in [5.41, 5.74) is 0. The Bertz CT molecular complexity index is 401. The average Bonchev–Trinajstić information content (AvgIpc) is 2.37. The highest BCUT2D eigenvalue weighted by Crippen LogP contribution is 2.11. The van der Waals surface area contributed by atoms with Crippen LogP contribution in [-0.4, -0.2) is 56.0 Å². The summed E-state index contributed by atoms with van der Waals surface area (Å²) in [7, 11) is -3.22. The van der Waals surface area contributed by atoms with Crippen LogP contribution >= 0.6 is 0 Å². The number of carbonyl (C=O) groups is 1. The monoisotopic (exact) mass is 304 g/mol. The fourth-order valence-electron chi connectivity index (χ4n) is 2.37. The number of likely N-dealkylation sites (tertiary alicyclic amines) is 1. The third-order valence-corrected chi connectivity index (χ3v) is 5.01. The van der Waals surface area contributed by atoms with Gasteiger partial charge < -0.3 is 4.90 Å². The fraction of sp³-hybridized carbons (Fsp3) is 0.929. The van der Waals surface area contributed by atoms with Gasteiger partial charge in [0.25, 0.3) is 0 Å². The molecule has 0 atom stereocenters. The fourth-order valence-corrected chi connectivity index (χ4v) is 3.23. The van der Waals surface area contributed by atoms with Crippen molar-refractivity contribution in [3.8, 4) is 0 Å². The maximum Gasteiger partial charge on any atom is 0.223 e. The van der Waals surface area contributed by atoms with Gasteiger partial charge in [-0.05, 0) is 31.6 Å². The molecule has 118 valence electrons. The molecular weight excluding hydrogens is 276 g/mol. The lowest BCUT2D eigenvalue weighted by Gasteiger charge is -2.28. The van der Waals surface area contributed by atoms with Crippen molar-refractivity contribution in [2.24, 2.45) is 5.92 Å². The van der Waals surface area contributed by atoms with Crippen molar-refractivity contribution < 1.29 is 13.2 Å². The van der Waals surface area contributed by atoms with Crippen LogP contribution in [0.25, 0.3) is 0 Å². The molecule has 6 heteroatoms. The van der Waals surface area contributed by atoms with Crippen molar-refractivity contribution in [1.82, 2.24) is 9.21 Å². The Kier molecular flexibility index (Phi) is 6.95. The number of carbonyl (C=O) groups excluding carboxylic acids is 1. The van der Waals surface area contributed by atoms with Crippen molar-refractivity contribution in [3.05, 3.63) is 0 Å². The zero-order valence-corrected chi connectivity index (χ0v) is 13.8. The summed E-state index contributed by atoms with van der Waals surface area (Å²) < 4.78 is 24.9. The van der Waals surface area contributed by atoms with Gasteiger partial charge in [0.1, 0.15) is 0 Å². The SMILES string of the molecule is CC(C)CCN(CCC(=O)N1CCCCC1)S(C)(=O)=O. The van der Waals surface area contributed by atoms with Crippen LogP contribution in [0.15, 0.2) is 0 Å². The first-order chi connectivity index (χ1) is 9.30. The molecule has 0 spiro atoms. The Morgan fingerprint density at radius 1 is 1.15 bits per heavy atom. The molecule has 1 aliphatic heterocycles. The van der Waals surface area contributed by atoms with E-state index in [0.29, 0.717) is 25.4 Å². The molecule has 0 saturated carbocycles. The van der Waals surface area contributed by atoms with E-state index in [9.17, 15) is 13.2 Å². The van der Waals surface area contributed by atoms with E-state index in [-0.39, 0.29) is 5.91 Å². The quantitative estimate of drug-likeness (QED) is 0.719. The highest BCUT2D eigenvalue weighted by Gasteiger charge is 2.21. The molecule has 5 nitrogen and oxygen atoms in total. The minimum absolute atomic E-state index is 0.0860. The van der Waals surface area contributed by atoms with Gasteiger partial charge in [-0.3, -0.25) is 4.79 Å². The van der Waals surface area contributed by atoms with Gasteiger partial charge in [-0.15, -0.1) is 0 Å². The Morgan fingerprint density at radius 2 is 1.75 bits per heavy atom. The summed E-state index contributed by atoms with van der Waals surface area (Å²) in [6.07, 6.45) is 5.66. The normalized spacial score (nSPS) is 16.9. The highest BCUT2D eigenvalue weighted by atomic mass is 32.2. The van der Waals surface area contributed by atoms with Crippen molar-refractivity contribution in [3.63, 3.8) is 0 Å². The van der Waals surface area contributed by atoms with Crippen molar-refractivity contribution in [1.29, 1.82) is 0 Å². The number of piperidine rings is 1. The molecule has 0 aromatic carbocycles. The predicted octanol–water partition coefficient (Wildman–Crippen LogP) is 1.70. The molecule has 0 radical (unpaired) electrons. The third-order valence-electron chi connectivity index (χ3n) is 3.71. The van der Waals surface area contributed by atoms with Crippen LogP contribution < -0.4 is 0 Å². The van der Waals surface area contributed by atoms with Crippen molar-refractivity contribution in [2.75, 3.05) is 32.4 Å². The molecule has 0 bridgehead atoms. The van der Waals surface area contributed by atoms with Gasteiger partial charge in [-0.1, -0.05) is 13.8 Å². The first-order valence-electron chi connectivity index (χ1n) is 7.53. The zero-order chi connectivity index (χ0) is 15.2. The van der Waals surface area contributed by atoms with E-state index in [1.165, 1.54) is 17.0 Å². The second kappa shape index (κ2) is 7.98. The van der Waals surface area contributed by atoms with E-state index in [1.807, 2.05) is 4.90 Å². The number of amides is 1. The number of nitrogens with zero attached hydrogens (tertiary/aromatic N) is 2. The van der Waals surface area contributed by atoms with Crippen molar-refractivity contribution >= 4 is 15.9 Å². The van der Waals surface area contributed by atoms with Crippen LogP contribution in [0.3, 0.4) is 0 Å². The van der Waals surface area contributed by atoms with Gasteiger partial charge in [0.2, 0.25) is 15.9 Å². The van der Waals surface area contributed by atoms with E-state index in [4.69, 9.17) is 0 Å². The second-order valence-electron chi connectivity index (χ2n) is 6.04. The van der Waals surface area contributed by atoms with E-state index in [1.54, 1.807) is 0 Å². The van der Waals surface area contributed by atoms with Gasteiger partial charge in [-0.2, -0.15) is 0 Å². The summed E-state index contributed by atoms with van der Waals surface area (Å²) in [6, 6.07) is 0. The molecule has 20 heavy (non-hydrogen) atoms. The van der Waals surface area contributed by atoms with Crippen LogP contribution in [0.5, 0.6) is 0 Å². The molecule has 1 amide bonds. The minimum Gasteiger partial charge on any atom is -0.343 e. The lowest BCUT2D eigenvalue weighted by Crippen LogP contribution is -2.39. The Balaban J connectivity index is 2.46. The molecule has 1 heterocycles. The van der Waals surface area contributed by atoms with Gasteiger partial charge in [0.05, 0.1) is 6.26 Å². The summed E-state index contributed by atoms with van der Waals surface area (Å²) in [4.78, 5) is 13.9. The summed E-state index contributed by atoms with van der Waals surface area (Å²) in [5, 5.41) is 0. The first kappa shape index (κ1) is 17.4. The van der Waals surface area contributed by atoms with E-state index >= 15 is 0 Å². The first-order valence-corrected chi connectivity index (χ1v) is 9.38. The standard InChI is InChI=1S/C14H28N2O3S/c1-13(2)7-11-16(20(3,18)19)12-8-14(17)15-9-5-4-6-10-15/h13H,4-12H2,1-3H3. The Labute approximate surface area is 123 Å². The molecular formula is C14H28N2O3S. The largest absolute Gasteiger partial charge is 0.343 e. The third kappa shape index (κ3) is 6.22. The number of hydrogen-bond donors (Lipinski definition) is 0. The van der Waals surface area contributed by atoms with Gasteiger partial charge >= 0.3 is 0 Å². The lowest BCUT2D eigenvalue weighted by molar-refractivity contribution is -0.132. The van der Waals surface area contributed by atoms with E-state index in [0.717, 1.165) is 32.4 Å². The Hall–Kier alpha value is -0.620. The maximum atomic E-state index is 12.1. The smallest absolute Gasteiger partial charge is 0.223 e. The summed E-state index contributed by atoms with van der Waals surface area (Å²) in [5.74, 6) is 0.542. The number of sulfonamides is 1. The maximum absolute atomic E-state index is 12.1. The second-order valence-corrected chi connectivity index (χ2v) is 8.02. The summed E-state index contributed by atoms with van der Waals surface area (Å²) >= 11 is 0. The molecule has 1 rings (SSSR count).